The Labute approximate surface area is 101 Å². The molecule has 0 N–H and O–H groups in total. The van der Waals surface area contributed by atoms with E-state index >= 15 is 0 Å². The van der Waals surface area contributed by atoms with E-state index in [1.807, 2.05) is 6.92 Å². The molecule has 0 amide bonds. The van der Waals surface area contributed by atoms with Crippen LogP contribution in [0, 0.1) is 17.8 Å². The summed E-state index contributed by atoms with van der Waals surface area (Å²) in [7, 11) is 1.47. The van der Waals surface area contributed by atoms with E-state index in [4.69, 9.17) is 4.74 Å². The van der Waals surface area contributed by atoms with Gasteiger partial charge in [0, 0.05) is 0 Å². The van der Waals surface area contributed by atoms with Crippen LogP contribution in [0.4, 0.5) is 0 Å². The molecule has 16 heavy (non-hydrogen) atoms. The topological polar surface area (TPSA) is 26.3 Å². The molecule has 0 aromatic heterocycles. The Bertz CT molecular complexity index is 189. The number of esters is 1. The highest BCUT2D eigenvalue weighted by Crippen LogP contribution is 2.23. The minimum Gasteiger partial charge on any atom is -0.469 e. The van der Waals surface area contributed by atoms with Crippen molar-refractivity contribution in [1.82, 2.24) is 0 Å². The predicted octanol–water partition coefficient (Wildman–Crippen LogP) is 4.04. The fourth-order valence-corrected chi connectivity index (χ4v) is 2.35. The van der Waals surface area contributed by atoms with Gasteiger partial charge in [0.25, 0.3) is 0 Å². The molecule has 0 aliphatic carbocycles. The van der Waals surface area contributed by atoms with Crippen molar-refractivity contribution in [3.8, 4) is 0 Å². The van der Waals surface area contributed by atoms with Crippen LogP contribution in [0.1, 0.15) is 59.8 Å². The molecule has 0 spiro atoms. The number of hydrogen-bond acceptors (Lipinski definition) is 2. The third-order valence-corrected chi connectivity index (χ3v) is 3.21. The molecule has 0 radical (unpaired) electrons. The lowest BCUT2D eigenvalue weighted by Gasteiger charge is -2.19. The Kier molecular flexibility index (Phi) is 8.32. The average Bonchev–Trinajstić information content (AvgIpc) is 2.24. The molecule has 2 heteroatoms. The average molecular weight is 228 g/mol. The lowest BCUT2D eigenvalue weighted by Crippen LogP contribution is -2.16. The van der Waals surface area contributed by atoms with Gasteiger partial charge in [-0.2, -0.15) is 0 Å². The maximum Gasteiger partial charge on any atom is 0.308 e. The van der Waals surface area contributed by atoms with Crippen molar-refractivity contribution in [3.63, 3.8) is 0 Å². The monoisotopic (exact) mass is 228 g/mol. The second-order valence-electron chi connectivity index (χ2n) is 5.25. The van der Waals surface area contributed by atoms with E-state index in [0.29, 0.717) is 5.92 Å². The van der Waals surface area contributed by atoms with E-state index in [-0.39, 0.29) is 11.9 Å². The van der Waals surface area contributed by atoms with Gasteiger partial charge in [-0.3, -0.25) is 4.79 Å². The van der Waals surface area contributed by atoms with Crippen LogP contribution < -0.4 is 0 Å². The summed E-state index contributed by atoms with van der Waals surface area (Å²) in [6.07, 6.45) is 6.08. The zero-order chi connectivity index (χ0) is 12.6. The highest BCUT2D eigenvalue weighted by molar-refractivity contribution is 5.71. The maximum absolute atomic E-state index is 11.3. The molecule has 0 aliphatic rings. The van der Waals surface area contributed by atoms with Crippen LogP contribution >= 0.6 is 0 Å². The van der Waals surface area contributed by atoms with E-state index in [0.717, 1.165) is 12.3 Å². The van der Waals surface area contributed by atoms with E-state index < -0.39 is 0 Å². The zero-order valence-electron chi connectivity index (χ0n) is 11.6. The van der Waals surface area contributed by atoms with Crippen molar-refractivity contribution in [1.29, 1.82) is 0 Å². The summed E-state index contributed by atoms with van der Waals surface area (Å²) in [5, 5.41) is 0. The van der Waals surface area contributed by atoms with Crippen LogP contribution in [0.25, 0.3) is 0 Å². The van der Waals surface area contributed by atoms with Crippen LogP contribution in [0.3, 0.4) is 0 Å². The molecule has 0 saturated heterocycles. The first kappa shape index (κ1) is 15.5. The summed E-state index contributed by atoms with van der Waals surface area (Å²) in [5.74, 6) is 1.35. The van der Waals surface area contributed by atoms with Gasteiger partial charge in [-0.25, -0.2) is 0 Å². The summed E-state index contributed by atoms with van der Waals surface area (Å²) < 4.78 is 4.74. The van der Waals surface area contributed by atoms with Crippen LogP contribution in [0.5, 0.6) is 0 Å². The van der Waals surface area contributed by atoms with Crippen LogP contribution in [0.15, 0.2) is 0 Å². The van der Waals surface area contributed by atoms with Crippen molar-refractivity contribution in [2.45, 2.75) is 59.8 Å². The van der Waals surface area contributed by atoms with Gasteiger partial charge in [0.15, 0.2) is 0 Å². The predicted molar refractivity (Wildman–Crippen MR) is 68.3 cm³/mol. The van der Waals surface area contributed by atoms with E-state index in [1.54, 1.807) is 0 Å². The molecule has 0 saturated carbocycles. The van der Waals surface area contributed by atoms with Crippen LogP contribution in [-0.4, -0.2) is 13.1 Å². The highest BCUT2D eigenvalue weighted by atomic mass is 16.5. The lowest BCUT2D eigenvalue weighted by atomic mass is 9.87. The van der Waals surface area contributed by atoms with Crippen molar-refractivity contribution < 1.29 is 9.53 Å². The molecule has 0 aliphatic heterocycles. The maximum atomic E-state index is 11.3. The molecule has 3 atom stereocenters. The third-order valence-electron chi connectivity index (χ3n) is 3.21. The van der Waals surface area contributed by atoms with E-state index in [1.165, 1.54) is 32.8 Å². The number of carbonyl (C=O) groups excluding carboxylic acids is 1. The highest BCUT2D eigenvalue weighted by Gasteiger charge is 2.18. The molecular weight excluding hydrogens is 200 g/mol. The Morgan fingerprint density at radius 1 is 1.12 bits per heavy atom. The first-order valence-corrected chi connectivity index (χ1v) is 6.59. The van der Waals surface area contributed by atoms with Gasteiger partial charge in [-0.05, 0) is 24.7 Å². The van der Waals surface area contributed by atoms with Gasteiger partial charge < -0.3 is 4.74 Å². The fourth-order valence-electron chi connectivity index (χ4n) is 2.35. The second kappa shape index (κ2) is 8.60. The molecule has 0 aromatic carbocycles. The van der Waals surface area contributed by atoms with Gasteiger partial charge in [0.1, 0.15) is 0 Å². The summed E-state index contributed by atoms with van der Waals surface area (Å²) in [4.78, 5) is 11.3. The number of rotatable bonds is 8. The Morgan fingerprint density at radius 2 is 1.75 bits per heavy atom. The van der Waals surface area contributed by atoms with Crippen LogP contribution in [0.2, 0.25) is 0 Å². The van der Waals surface area contributed by atoms with Crippen molar-refractivity contribution >= 4 is 5.97 Å². The first-order valence-electron chi connectivity index (χ1n) is 6.59. The minimum absolute atomic E-state index is 0.0402. The molecule has 0 aromatic rings. The third kappa shape index (κ3) is 6.86. The first-order chi connectivity index (χ1) is 7.51. The molecular formula is C14H28O2. The smallest absolute Gasteiger partial charge is 0.308 e. The van der Waals surface area contributed by atoms with Gasteiger partial charge >= 0.3 is 5.97 Å². The summed E-state index contributed by atoms with van der Waals surface area (Å²) in [6.45, 7) is 8.74. The molecule has 0 fully saturated rings. The lowest BCUT2D eigenvalue weighted by molar-refractivity contribution is -0.145. The largest absolute Gasteiger partial charge is 0.469 e. The van der Waals surface area contributed by atoms with E-state index in [9.17, 15) is 4.79 Å². The normalized spacial score (nSPS) is 16.6. The number of unbranched alkanes of at least 4 members (excludes halogenated alkanes) is 1. The molecule has 2 nitrogen and oxygen atoms in total. The van der Waals surface area contributed by atoms with Gasteiger partial charge in [-0.1, -0.05) is 47.0 Å². The van der Waals surface area contributed by atoms with E-state index in [2.05, 4.69) is 20.8 Å². The molecule has 0 unspecified atom stereocenters. The summed E-state index contributed by atoms with van der Waals surface area (Å²) in [6, 6.07) is 0. The number of ether oxygens (including phenoxy) is 1. The van der Waals surface area contributed by atoms with Crippen molar-refractivity contribution in [2.75, 3.05) is 7.11 Å². The summed E-state index contributed by atoms with van der Waals surface area (Å²) in [5.41, 5.74) is 0. The molecule has 0 bridgehead atoms. The van der Waals surface area contributed by atoms with Crippen molar-refractivity contribution in [3.05, 3.63) is 0 Å². The van der Waals surface area contributed by atoms with Gasteiger partial charge in [0.05, 0.1) is 13.0 Å². The van der Waals surface area contributed by atoms with Crippen molar-refractivity contribution in [2.24, 2.45) is 17.8 Å². The second-order valence-corrected chi connectivity index (χ2v) is 5.25. The zero-order valence-corrected chi connectivity index (χ0v) is 11.6. The molecule has 0 heterocycles. The Balaban J connectivity index is 3.79. The Morgan fingerprint density at radius 3 is 2.25 bits per heavy atom. The Hall–Kier alpha value is -0.530. The number of carbonyl (C=O) groups is 1. The fraction of sp³-hybridized carbons (Fsp3) is 0.929. The van der Waals surface area contributed by atoms with Gasteiger partial charge in [0.2, 0.25) is 0 Å². The standard InChI is InChI=1S/C14H28O2/c1-6-7-8-11(2)9-12(3)10-13(4)14(15)16-5/h11-13H,6-10H2,1-5H3/t11-,12-,13-/m0/s1. The quantitative estimate of drug-likeness (QED) is 0.586. The molecule has 0 rings (SSSR count). The number of hydrogen-bond donors (Lipinski definition) is 0. The minimum atomic E-state index is -0.0759. The number of methoxy groups -OCH3 is 1. The van der Waals surface area contributed by atoms with Crippen LogP contribution in [-0.2, 0) is 9.53 Å². The molecule has 96 valence electrons. The SMILES string of the molecule is CCCC[C@H](C)C[C@H](C)C[C@H](C)C(=O)OC. The summed E-state index contributed by atoms with van der Waals surface area (Å²) >= 11 is 0. The van der Waals surface area contributed by atoms with Gasteiger partial charge in [-0.15, -0.1) is 0 Å².